The molecule has 0 unspecified atom stereocenters. The van der Waals surface area contributed by atoms with Gasteiger partial charge < -0.3 is 0 Å². The van der Waals surface area contributed by atoms with Gasteiger partial charge in [-0.2, -0.15) is 0 Å². The van der Waals surface area contributed by atoms with Crippen LogP contribution in [0.3, 0.4) is 0 Å². The topological polar surface area (TPSA) is 0 Å². The molecule has 0 aliphatic heterocycles. The molecule has 1 fully saturated rings. The Morgan fingerprint density at radius 2 is 1.89 bits per heavy atom. The second-order valence-corrected chi connectivity index (χ2v) is 2.80. The lowest BCUT2D eigenvalue weighted by Crippen LogP contribution is -2.01. The first-order chi connectivity index (χ1) is 4.43. The van der Waals surface area contributed by atoms with Crippen LogP contribution >= 0.6 is 0 Å². The maximum atomic E-state index is 3.73. The van der Waals surface area contributed by atoms with Gasteiger partial charge in [-0.3, -0.25) is 0 Å². The van der Waals surface area contributed by atoms with Gasteiger partial charge in [-0.05, 0) is 25.2 Å². The molecule has 0 saturated heterocycles. The van der Waals surface area contributed by atoms with E-state index in [1.165, 1.54) is 38.5 Å². The van der Waals surface area contributed by atoms with Crippen LogP contribution < -0.4 is 0 Å². The van der Waals surface area contributed by atoms with Crippen LogP contribution in [-0.2, 0) is 0 Å². The molecule has 1 aliphatic rings. The zero-order valence-electron chi connectivity index (χ0n) is 6.03. The zero-order chi connectivity index (χ0) is 6.53. The average Bonchev–Trinajstić information content (AvgIpc) is 1.91. The zero-order valence-corrected chi connectivity index (χ0v) is 6.03. The van der Waals surface area contributed by atoms with Crippen LogP contribution in [0.4, 0.5) is 0 Å². The summed E-state index contributed by atoms with van der Waals surface area (Å²) >= 11 is 0. The van der Waals surface area contributed by atoms with Crippen LogP contribution in [-0.4, -0.2) is 0 Å². The Morgan fingerprint density at radius 1 is 1.22 bits per heavy atom. The second kappa shape index (κ2) is 3.71. The molecule has 0 spiro atoms. The Morgan fingerprint density at radius 3 is 2.44 bits per heavy atom. The Labute approximate surface area is 58.0 Å². The van der Waals surface area contributed by atoms with Crippen LogP contribution in [0.15, 0.2) is 12.7 Å². The van der Waals surface area contributed by atoms with E-state index in [0.29, 0.717) is 0 Å². The minimum Gasteiger partial charge on any atom is -0.103 e. The molecule has 1 aliphatic carbocycles. The lowest BCUT2D eigenvalue weighted by molar-refractivity contribution is 0.524. The van der Waals surface area contributed by atoms with Crippen molar-refractivity contribution in [3.63, 3.8) is 0 Å². The van der Waals surface area contributed by atoms with Crippen molar-refractivity contribution < 1.29 is 0 Å². The van der Waals surface area contributed by atoms with Gasteiger partial charge in [-0.25, -0.2) is 0 Å². The molecule has 9 heavy (non-hydrogen) atoms. The molecule has 0 amide bonds. The van der Waals surface area contributed by atoms with Crippen molar-refractivity contribution >= 4 is 0 Å². The minimum absolute atomic E-state index is 1.17. The summed E-state index contributed by atoms with van der Waals surface area (Å²) in [4.78, 5) is 0. The van der Waals surface area contributed by atoms with Gasteiger partial charge in [0.2, 0.25) is 0 Å². The highest BCUT2D eigenvalue weighted by Gasteiger charge is 2.10. The summed E-state index contributed by atoms with van der Waals surface area (Å²) in [5.41, 5.74) is 0. The van der Waals surface area contributed by atoms with E-state index in [1.807, 2.05) is 6.08 Å². The summed E-state index contributed by atoms with van der Waals surface area (Å²) in [6, 6.07) is 0. The van der Waals surface area contributed by atoms with Crippen LogP contribution in [0.1, 0.15) is 38.5 Å². The normalized spacial score (nSPS) is 21.8. The summed E-state index contributed by atoms with van der Waals surface area (Å²) in [7, 11) is 0. The lowest BCUT2D eigenvalue weighted by Gasteiger charge is -2.18. The van der Waals surface area contributed by atoms with E-state index < -0.39 is 0 Å². The maximum Gasteiger partial charge on any atom is -0.0204 e. The fraction of sp³-hybridized carbons (Fsp3) is 0.667. The number of rotatable bonds is 2. The van der Waals surface area contributed by atoms with Gasteiger partial charge in [0.05, 0.1) is 0 Å². The summed E-state index contributed by atoms with van der Waals surface area (Å²) in [5.74, 6) is 1.72. The van der Waals surface area contributed by atoms with E-state index in [2.05, 4.69) is 6.58 Å². The fourth-order valence-electron chi connectivity index (χ4n) is 1.46. The molecular weight excluding hydrogens is 108 g/mol. The highest BCUT2D eigenvalue weighted by molar-refractivity contribution is 4.97. The van der Waals surface area contributed by atoms with Crippen molar-refractivity contribution in [2.45, 2.75) is 38.5 Å². The molecule has 51 valence electrons. The van der Waals surface area contributed by atoms with Crippen molar-refractivity contribution in [3.05, 3.63) is 18.6 Å². The Bertz CT molecular complexity index is 78.0. The van der Waals surface area contributed by atoms with Crippen molar-refractivity contribution in [2.24, 2.45) is 0 Å². The van der Waals surface area contributed by atoms with E-state index in [-0.39, 0.29) is 0 Å². The largest absolute Gasteiger partial charge is 0.103 e. The van der Waals surface area contributed by atoms with E-state index in [9.17, 15) is 0 Å². The molecule has 1 radical (unpaired) electrons. The molecule has 0 aromatic heterocycles. The molecule has 0 nitrogen and oxygen atoms in total. The van der Waals surface area contributed by atoms with Crippen molar-refractivity contribution in [3.8, 4) is 0 Å². The smallest absolute Gasteiger partial charge is 0.0204 e. The third kappa shape index (κ3) is 2.21. The van der Waals surface area contributed by atoms with Gasteiger partial charge in [0, 0.05) is 0 Å². The number of hydrogen-bond donors (Lipinski definition) is 0. The van der Waals surface area contributed by atoms with Crippen LogP contribution in [0.2, 0.25) is 0 Å². The lowest BCUT2D eigenvalue weighted by atomic mass is 9.87. The Kier molecular flexibility index (Phi) is 2.82. The predicted octanol–water partition coefficient (Wildman–Crippen LogP) is 3.10. The highest BCUT2D eigenvalue weighted by Crippen LogP contribution is 2.27. The molecule has 1 rings (SSSR count). The molecule has 0 N–H and O–H groups in total. The van der Waals surface area contributed by atoms with Crippen LogP contribution in [0.5, 0.6) is 0 Å². The summed E-state index contributed by atoms with van der Waals surface area (Å²) in [6.45, 7) is 3.73. The third-order valence-electron chi connectivity index (χ3n) is 1.99. The van der Waals surface area contributed by atoms with Gasteiger partial charge in [-0.15, -0.1) is 6.58 Å². The van der Waals surface area contributed by atoms with Crippen LogP contribution in [0, 0.1) is 5.92 Å². The van der Waals surface area contributed by atoms with Crippen LogP contribution in [0.25, 0.3) is 0 Å². The highest BCUT2D eigenvalue weighted by atomic mass is 14.2. The van der Waals surface area contributed by atoms with Gasteiger partial charge in [0.15, 0.2) is 0 Å². The molecule has 0 bridgehead atoms. The van der Waals surface area contributed by atoms with Gasteiger partial charge in [0.25, 0.3) is 0 Å². The molecule has 0 aromatic carbocycles. The van der Waals surface area contributed by atoms with Gasteiger partial charge in [0.1, 0.15) is 0 Å². The van der Waals surface area contributed by atoms with E-state index >= 15 is 0 Å². The molecular formula is C9H15. The average molecular weight is 123 g/mol. The molecule has 1 saturated carbocycles. The first-order valence-corrected chi connectivity index (χ1v) is 3.88. The first kappa shape index (κ1) is 6.85. The minimum atomic E-state index is 1.17. The summed E-state index contributed by atoms with van der Waals surface area (Å²) in [5, 5.41) is 0. The summed E-state index contributed by atoms with van der Waals surface area (Å²) < 4.78 is 0. The monoisotopic (exact) mass is 123 g/mol. The maximum absolute atomic E-state index is 3.73. The van der Waals surface area contributed by atoms with E-state index in [4.69, 9.17) is 0 Å². The Balaban J connectivity index is 2.15. The van der Waals surface area contributed by atoms with Crippen molar-refractivity contribution in [1.82, 2.24) is 0 Å². The fourth-order valence-corrected chi connectivity index (χ4v) is 1.46. The van der Waals surface area contributed by atoms with E-state index in [0.717, 1.165) is 0 Å². The third-order valence-corrected chi connectivity index (χ3v) is 1.99. The Hall–Kier alpha value is -0.260. The quantitative estimate of drug-likeness (QED) is 0.495. The summed E-state index contributed by atoms with van der Waals surface area (Å²) in [6.07, 6.45) is 10.2. The van der Waals surface area contributed by atoms with E-state index in [1.54, 1.807) is 5.92 Å². The second-order valence-electron chi connectivity index (χ2n) is 2.80. The van der Waals surface area contributed by atoms with Gasteiger partial charge >= 0.3 is 0 Å². The molecule has 0 heterocycles. The standard InChI is InChI=1S/C9H15/c1-2-6-9-7-4-3-5-8-9/h2H,1,3-8H2. The molecule has 0 atom stereocenters. The number of allylic oxidation sites excluding steroid dienone is 1. The first-order valence-electron chi connectivity index (χ1n) is 3.88. The van der Waals surface area contributed by atoms with Gasteiger partial charge in [-0.1, -0.05) is 25.3 Å². The van der Waals surface area contributed by atoms with Crippen molar-refractivity contribution in [1.29, 1.82) is 0 Å². The molecule has 0 heteroatoms. The number of hydrogen-bond acceptors (Lipinski definition) is 0. The predicted molar refractivity (Wildman–Crippen MR) is 41.1 cm³/mol. The SMILES string of the molecule is C=CC[C]1CCCCC1. The molecule has 0 aromatic rings. The van der Waals surface area contributed by atoms with Crippen molar-refractivity contribution in [2.75, 3.05) is 0 Å².